The van der Waals surface area contributed by atoms with E-state index in [9.17, 15) is 8.42 Å². The van der Waals surface area contributed by atoms with Gasteiger partial charge < -0.3 is 0 Å². The van der Waals surface area contributed by atoms with Gasteiger partial charge in [0.2, 0.25) is 10.0 Å². The Morgan fingerprint density at radius 2 is 2.06 bits per heavy atom. The van der Waals surface area contributed by atoms with Crippen LogP contribution in [0.15, 0.2) is 4.90 Å². The van der Waals surface area contributed by atoms with Crippen molar-refractivity contribution in [2.45, 2.75) is 31.6 Å². The second kappa shape index (κ2) is 6.42. The van der Waals surface area contributed by atoms with E-state index in [0.29, 0.717) is 17.9 Å². The first-order valence-corrected chi connectivity index (χ1v) is 8.37. The van der Waals surface area contributed by atoms with Crippen LogP contribution in [0, 0.1) is 13.8 Å². The monoisotopic (exact) mass is 277 g/mol. The second-order valence-electron chi connectivity index (χ2n) is 3.86. The minimum absolute atomic E-state index is 0.280. The Labute approximate surface area is 107 Å². The predicted octanol–water partition coefficient (Wildman–Crippen LogP) is 1.45. The lowest BCUT2D eigenvalue weighted by Gasteiger charge is -2.06. The van der Waals surface area contributed by atoms with Crippen molar-refractivity contribution < 1.29 is 8.42 Å². The summed E-state index contributed by atoms with van der Waals surface area (Å²) in [7, 11) is -3.42. The van der Waals surface area contributed by atoms with E-state index in [4.69, 9.17) is 0 Å². The van der Waals surface area contributed by atoms with Crippen LogP contribution in [0.1, 0.15) is 24.2 Å². The Morgan fingerprint density at radius 1 is 1.35 bits per heavy atom. The molecule has 1 aromatic heterocycles. The average molecular weight is 277 g/mol. The van der Waals surface area contributed by atoms with E-state index in [-0.39, 0.29) is 4.90 Å². The number of thioether (sulfide) groups is 1. The molecule has 0 spiro atoms. The highest BCUT2D eigenvalue weighted by atomic mass is 32.2. The number of aromatic nitrogens is 2. The fourth-order valence-corrected chi connectivity index (χ4v) is 3.52. The lowest BCUT2D eigenvalue weighted by Crippen LogP contribution is -2.25. The van der Waals surface area contributed by atoms with Gasteiger partial charge in [-0.05, 0) is 38.7 Å². The van der Waals surface area contributed by atoms with Gasteiger partial charge in [0.25, 0.3) is 0 Å². The number of rotatable bonds is 7. The highest BCUT2D eigenvalue weighted by Gasteiger charge is 2.21. The van der Waals surface area contributed by atoms with Gasteiger partial charge in [0, 0.05) is 6.54 Å². The fraction of sp³-hybridized carbons (Fsp3) is 0.700. The number of aryl methyl sites for hydroxylation is 2. The molecule has 0 aliphatic carbocycles. The molecule has 17 heavy (non-hydrogen) atoms. The molecule has 0 saturated carbocycles. The molecule has 0 amide bonds. The molecule has 1 heterocycles. The molecule has 0 unspecified atom stereocenters. The molecule has 0 aromatic carbocycles. The molecule has 0 fully saturated rings. The van der Waals surface area contributed by atoms with E-state index in [0.717, 1.165) is 18.6 Å². The minimum atomic E-state index is -3.42. The average Bonchev–Trinajstić information content (AvgIpc) is 2.58. The zero-order valence-corrected chi connectivity index (χ0v) is 12.0. The van der Waals surface area contributed by atoms with E-state index in [1.165, 1.54) is 0 Å². The van der Waals surface area contributed by atoms with Gasteiger partial charge in [0.1, 0.15) is 4.90 Å². The summed E-state index contributed by atoms with van der Waals surface area (Å²) < 4.78 is 26.6. The molecule has 5 nitrogen and oxygen atoms in total. The molecular formula is C10H19N3O2S2. The van der Waals surface area contributed by atoms with Crippen LogP contribution < -0.4 is 4.72 Å². The van der Waals surface area contributed by atoms with Gasteiger partial charge in [0.15, 0.2) is 0 Å². The quantitative estimate of drug-likeness (QED) is 0.740. The number of sulfonamides is 1. The third-order valence-corrected chi connectivity index (χ3v) is 4.82. The zero-order chi connectivity index (χ0) is 12.9. The van der Waals surface area contributed by atoms with Gasteiger partial charge in [0.05, 0.1) is 11.4 Å². The summed E-state index contributed by atoms with van der Waals surface area (Å²) in [6.45, 7) is 3.88. The first-order chi connectivity index (χ1) is 7.99. The zero-order valence-electron chi connectivity index (χ0n) is 10.4. The van der Waals surface area contributed by atoms with Crippen LogP contribution in [0.4, 0.5) is 0 Å². The molecule has 1 rings (SSSR count). The van der Waals surface area contributed by atoms with E-state index in [2.05, 4.69) is 14.9 Å². The topological polar surface area (TPSA) is 74.8 Å². The van der Waals surface area contributed by atoms with Gasteiger partial charge >= 0.3 is 0 Å². The SMILES string of the molecule is CSCCCCNS(=O)(=O)c1c(C)n[nH]c1C. The lowest BCUT2D eigenvalue weighted by atomic mass is 10.3. The minimum Gasteiger partial charge on any atom is -0.281 e. The lowest BCUT2D eigenvalue weighted by molar-refractivity contribution is 0.577. The molecule has 98 valence electrons. The molecule has 0 bridgehead atoms. The summed E-state index contributed by atoms with van der Waals surface area (Å²) in [5, 5.41) is 6.57. The van der Waals surface area contributed by atoms with E-state index < -0.39 is 10.0 Å². The smallest absolute Gasteiger partial charge is 0.244 e. The van der Waals surface area contributed by atoms with Gasteiger partial charge in [-0.1, -0.05) is 0 Å². The summed E-state index contributed by atoms with van der Waals surface area (Å²) in [5.74, 6) is 1.06. The number of aromatic amines is 1. The number of hydrogen-bond donors (Lipinski definition) is 2. The Bertz CT molecular complexity index is 435. The van der Waals surface area contributed by atoms with Gasteiger partial charge in [-0.3, -0.25) is 5.10 Å². The van der Waals surface area contributed by atoms with Crippen LogP contribution in [0.2, 0.25) is 0 Å². The van der Waals surface area contributed by atoms with Crippen molar-refractivity contribution in [2.75, 3.05) is 18.6 Å². The molecule has 0 atom stereocenters. The van der Waals surface area contributed by atoms with E-state index in [1.807, 2.05) is 6.26 Å². The predicted molar refractivity (Wildman–Crippen MR) is 70.9 cm³/mol. The third-order valence-electron chi connectivity index (χ3n) is 2.40. The highest BCUT2D eigenvalue weighted by molar-refractivity contribution is 7.98. The molecule has 1 aromatic rings. The number of nitrogens with zero attached hydrogens (tertiary/aromatic N) is 1. The Kier molecular flexibility index (Phi) is 5.48. The van der Waals surface area contributed by atoms with Crippen LogP contribution in [-0.2, 0) is 10.0 Å². The van der Waals surface area contributed by atoms with Crippen LogP contribution in [0.5, 0.6) is 0 Å². The van der Waals surface area contributed by atoms with Crippen molar-refractivity contribution in [1.82, 2.24) is 14.9 Å². The first-order valence-electron chi connectivity index (χ1n) is 5.49. The molecule has 0 radical (unpaired) electrons. The van der Waals surface area contributed by atoms with E-state index >= 15 is 0 Å². The van der Waals surface area contributed by atoms with Crippen molar-refractivity contribution in [3.05, 3.63) is 11.4 Å². The summed E-state index contributed by atoms with van der Waals surface area (Å²) in [5.41, 5.74) is 1.10. The van der Waals surface area contributed by atoms with Crippen LogP contribution in [-0.4, -0.2) is 37.2 Å². The maximum Gasteiger partial charge on any atom is 0.244 e. The van der Waals surface area contributed by atoms with E-state index in [1.54, 1.807) is 25.6 Å². The molecule has 2 N–H and O–H groups in total. The summed E-state index contributed by atoms with van der Waals surface area (Å²) in [6, 6.07) is 0. The molecular weight excluding hydrogens is 258 g/mol. The van der Waals surface area contributed by atoms with Crippen molar-refractivity contribution in [3.63, 3.8) is 0 Å². The summed E-state index contributed by atoms with van der Waals surface area (Å²) >= 11 is 1.77. The third kappa shape index (κ3) is 4.01. The number of H-pyrrole nitrogens is 1. The Morgan fingerprint density at radius 3 is 2.59 bits per heavy atom. The van der Waals surface area contributed by atoms with Crippen LogP contribution in [0.25, 0.3) is 0 Å². The summed E-state index contributed by atoms with van der Waals surface area (Å²) in [4.78, 5) is 0.280. The van der Waals surface area contributed by atoms with Crippen molar-refractivity contribution in [2.24, 2.45) is 0 Å². The van der Waals surface area contributed by atoms with Gasteiger partial charge in [-0.25, -0.2) is 13.1 Å². The summed E-state index contributed by atoms with van der Waals surface area (Å²) in [6.07, 6.45) is 3.92. The largest absolute Gasteiger partial charge is 0.281 e. The Hall–Kier alpha value is -0.530. The van der Waals surface area contributed by atoms with Crippen molar-refractivity contribution in [1.29, 1.82) is 0 Å². The van der Waals surface area contributed by atoms with Crippen LogP contribution in [0.3, 0.4) is 0 Å². The normalized spacial score (nSPS) is 11.9. The molecule has 0 aliphatic heterocycles. The first kappa shape index (κ1) is 14.5. The van der Waals surface area contributed by atoms with Crippen molar-refractivity contribution >= 4 is 21.8 Å². The fourth-order valence-electron chi connectivity index (χ4n) is 1.59. The number of nitrogens with one attached hydrogen (secondary N) is 2. The maximum absolute atomic E-state index is 12.0. The number of hydrogen-bond acceptors (Lipinski definition) is 4. The standard InChI is InChI=1S/C10H19N3O2S2/c1-8-10(9(2)13-12-8)17(14,15)11-6-4-5-7-16-3/h11H,4-7H2,1-3H3,(H,12,13). The van der Waals surface area contributed by atoms with Gasteiger partial charge in [-0.15, -0.1) is 0 Å². The second-order valence-corrected chi connectivity index (χ2v) is 6.55. The Balaban J connectivity index is 2.58. The molecule has 7 heteroatoms. The molecule has 0 saturated heterocycles. The maximum atomic E-state index is 12.0. The highest BCUT2D eigenvalue weighted by Crippen LogP contribution is 2.16. The molecule has 0 aliphatic rings. The van der Waals surface area contributed by atoms with Gasteiger partial charge in [-0.2, -0.15) is 16.9 Å². The number of unbranched alkanes of at least 4 members (excludes halogenated alkanes) is 1. The van der Waals surface area contributed by atoms with Crippen molar-refractivity contribution in [3.8, 4) is 0 Å². The van der Waals surface area contributed by atoms with Crippen LogP contribution >= 0.6 is 11.8 Å².